The van der Waals surface area contributed by atoms with Crippen LogP contribution in [0.2, 0.25) is 0 Å². The van der Waals surface area contributed by atoms with Crippen molar-refractivity contribution in [2.24, 2.45) is 5.92 Å². The molecule has 31 heavy (non-hydrogen) atoms. The second-order valence-corrected chi connectivity index (χ2v) is 9.85. The number of hydrogen-bond acceptors (Lipinski definition) is 5. The van der Waals surface area contributed by atoms with E-state index in [1.165, 1.54) is 34.8 Å². The van der Waals surface area contributed by atoms with E-state index in [0.29, 0.717) is 6.04 Å². The quantitative estimate of drug-likeness (QED) is 0.314. The average molecular weight is 529 g/mol. The van der Waals surface area contributed by atoms with E-state index in [2.05, 4.69) is 74.5 Å². The van der Waals surface area contributed by atoms with Crippen LogP contribution in [0.5, 0.6) is 0 Å². The Morgan fingerprint density at radius 2 is 1.71 bits per heavy atom. The van der Waals surface area contributed by atoms with Gasteiger partial charge in [-0.15, -0.1) is 0 Å². The first kappa shape index (κ1) is 22.3. The fraction of sp³-hybridized carbons (Fsp3) is 0.440. The topological polar surface area (TPSA) is 53.1 Å². The van der Waals surface area contributed by atoms with Gasteiger partial charge in [0.25, 0.3) is 0 Å². The number of rotatable bonds is 8. The lowest BCUT2D eigenvalue weighted by atomic mass is 9.86. The lowest BCUT2D eigenvalue weighted by Crippen LogP contribution is -2.32. The Balaban J connectivity index is 1.25. The number of para-hydroxylation sites is 1. The molecule has 0 unspecified atom stereocenters. The molecule has 4 rings (SSSR count). The second kappa shape index (κ2) is 10.6. The van der Waals surface area contributed by atoms with Crippen molar-refractivity contribution in [3.63, 3.8) is 0 Å². The average Bonchev–Trinajstić information content (AvgIpc) is 2.78. The van der Waals surface area contributed by atoms with Gasteiger partial charge < -0.3 is 15.5 Å². The Morgan fingerprint density at radius 3 is 2.48 bits per heavy atom. The van der Waals surface area contributed by atoms with Gasteiger partial charge in [0.2, 0.25) is 5.95 Å². The molecule has 2 N–H and O–H groups in total. The summed E-state index contributed by atoms with van der Waals surface area (Å²) in [6.45, 7) is 2.17. The highest BCUT2D eigenvalue weighted by atomic mass is 127. The number of benzene rings is 2. The van der Waals surface area contributed by atoms with Crippen molar-refractivity contribution in [2.75, 3.05) is 37.4 Å². The first-order valence-corrected chi connectivity index (χ1v) is 12.3. The molecule has 1 saturated carbocycles. The molecule has 0 radical (unpaired) electrons. The van der Waals surface area contributed by atoms with Crippen LogP contribution in [0, 0.1) is 9.49 Å². The monoisotopic (exact) mass is 529 g/mol. The fourth-order valence-electron chi connectivity index (χ4n) is 4.39. The maximum absolute atomic E-state index is 4.80. The number of anilines is 2. The maximum Gasteiger partial charge on any atom is 0.225 e. The largest absolute Gasteiger partial charge is 0.362 e. The van der Waals surface area contributed by atoms with Crippen LogP contribution < -0.4 is 15.5 Å². The molecule has 0 bridgehead atoms. The van der Waals surface area contributed by atoms with Gasteiger partial charge in [0.1, 0.15) is 5.82 Å². The van der Waals surface area contributed by atoms with Crippen LogP contribution in [0.15, 0.2) is 48.5 Å². The fourth-order valence-corrected chi connectivity index (χ4v) is 5.05. The molecule has 164 valence electrons. The first-order chi connectivity index (χ1) is 15.1. The molecular formula is C25H32IN5. The summed E-state index contributed by atoms with van der Waals surface area (Å²) >= 11 is 2.43. The zero-order valence-electron chi connectivity index (χ0n) is 18.4. The lowest BCUT2D eigenvalue weighted by molar-refractivity contribution is 0.325. The summed E-state index contributed by atoms with van der Waals surface area (Å²) in [6, 6.07) is 17.3. The first-order valence-electron chi connectivity index (χ1n) is 11.2. The second-order valence-electron chi connectivity index (χ2n) is 8.69. The number of aromatic nitrogens is 2. The molecular weight excluding hydrogens is 497 g/mol. The van der Waals surface area contributed by atoms with Crippen molar-refractivity contribution in [3.05, 3.63) is 57.7 Å². The van der Waals surface area contributed by atoms with Crippen molar-refractivity contribution in [2.45, 2.75) is 38.1 Å². The molecule has 0 amide bonds. The van der Waals surface area contributed by atoms with Crippen LogP contribution in [0.25, 0.3) is 10.9 Å². The highest BCUT2D eigenvalue weighted by Crippen LogP contribution is 2.28. The zero-order chi connectivity index (χ0) is 21.6. The highest BCUT2D eigenvalue weighted by Gasteiger charge is 2.22. The molecule has 0 atom stereocenters. The number of nitrogens with zero attached hydrogens (tertiary/aromatic N) is 3. The van der Waals surface area contributed by atoms with Crippen molar-refractivity contribution < 1.29 is 0 Å². The Bertz CT molecular complexity index is 998. The number of nitrogens with one attached hydrogen (secondary N) is 2. The summed E-state index contributed by atoms with van der Waals surface area (Å²) in [7, 11) is 4.07. The molecule has 5 nitrogen and oxygen atoms in total. The van der Waals surface area contributed by atoms with Gasteiger partial charge in [-0.3, -0.25) is 0 Å². The summed E-state index contributed by atoms with van der Waals surface area (Å²) in [4.78, 5) is 11.6. The number of hydrogen-bond donors (Lipinski definition) is 2. The van der Waals surface area contributed by atoms with Gasteiger partial charge in [-0.1, -0.05) is 30.3 Å². The predicted molar refractivity (Wildman–Crippen MR) is 139 cm³/mol. The summed E-state index contributed by atoms with van der Waals surface area (Å²) in [5.41, 5.74) is 2.44. The van der Waals surface area contributed by atoms with Gasteiger partial charge in [-0.25, -0.2) is 4.98 Å². The number of halogens is 1. The van der Waals surface area contributed by atoms with Gasteiger partial charge in [-0.05, 0) is 97.5 Å². The molecule has 1 fully saturated rings. The van der Waals surface area contributed by atoms with E-state index < -0.39 is 0 Å². The molecule has 0 aliphatic heterocycles. The van der Waals surface area contributed by atoms with E-state index >= 15 is 0 Å². The summed E-state index contributed by atoms with van der Waals surface area (Å²) in [5.74, 6) is 2.49. The Morgan fingerprint density at radius 1 is 0.968 bits per heavy atom. The zero-order valence-corrected chi connectivity index (χ0v) is 20.6. The van der Waals surface area contributed by atoms with Gasteiger partial charge in [0.15, 0.2) is 0 Å². The minimum Gasteiger partial charge on any atom is -0.362 e. The third-order valence-electron chi connectivity index (χ3n) is 6.15. The van der Waals surface area contributed by atoms with E-state index in [9.17, 15) is 0 Å². The van der Waals surface area contributed by atoms with Crippen LogP contribution in [0.4, 0.5) is 11.8 Å². The van der Waals surface area contributed by atoms with Crippen LogP contribution >= 0.6 is 22.6 Å². The number of fused-ring (bicyclic) bond motifs is 1. The van der Waals surface area contributed by atoms with Crippen molar-refractivity contribution in [1.82, 2.24) is 15.3 Å². The van der Waals surface area contributed by atoms with E-state index in [0.717, 1.165) is 48.1 Å². The van der Waals surface area contributed by atoms with Crippen LogP contribution in [0.3, 0.4) is 0 Å². The molecule has 1 aromatic heterocycles. The minimum atomic E-state index is 0.457. The van der Waals surface area contributed by atoms with Gasteiger partial charge in [-0.2, -0.15) is 4.98 Å². The maximum atomic E-state index is 4.80. The Labute approximate surface area is 199 Å². The normalized spacial score (nSPS) is 18.8. The third-order valence-corrected chi connectivity index (χ3v) is 7.20. The summed E-state index contributed by atoms with van der Waals surface area (Å²) in [5, 5.41) is 8.39. The van der Waals surface area contributed by atoms with Gasteiger partial charge in [0, 0.05) is 29.1 Å². The SMILES string of the molecule is CN(C)c1nc(NC2CCC(CNCCc3ccccc3I)CC2)nc2ccccc12. The molecule has 1 heterocycles. The predicted octanol–water partition coefficient (Wildman–Crippen LogP) is 5.10. The minimum absolute atomic E-state index is 0.457. The molecule has 2 aromatic carbocycles. The van der Waals surface area contributed by atoms with E-state index in [4.69, 9.17) is 9.97 Å². The Hall–Kier alpha value is -1.93. The highest BCUT2D eigenvalue weighted by molar-refractivity contribution is 14.1. The molecule has 0 spiro atoms. The van der Waals surface area contributed by atoms with Crippen LogP contribution in [0.1, 0.15) is 31.2 Å². The van der Waals surface area contributed by atoms with Crippen molar-refractivity contribution in [3.8, 4) is 0 Å². The Kier molecular flexibility index (Phi) is 7.61. The van der Waals surface area contributed by atoms with Crippen molar-refractivity contribution in [1.29, 1.82) is 0 Å². The molecule has 3 aromatic rings. The van der Waals surface area contributed by atoms with Crippen LogP contribution in [-0.2, 0) is 6.42 Å². The lowest BCUT2D eigenvalue weighted by Gasteiger charge is -2.29. The summed E-state index contributed by atoms with van der Waals surface area (Å²) in [6.07, 6.45) is 5.96. The molecule has 1 aliphatic rings. The van der Waals surface area contributed by atoms with Crippen LogP contribution in [-0.4, -0.2) is 43.2 Å². The molecule has 0 saturated heterocycles. The van der Waals surface area contributed by atoms with Gasteiger partial charge in [0.05, 0.1) is 5.52 Å². The van der Waals surface area contributed by atoms with E-state index in [1.54, 1.807) is 0 Å². The van der Waals surface area contributed by atoms with E-state index in [1.807, 2.05) is 26.2 Å². The third kappa shape index (κ3) is 5.86. The summed E-state index contributed by atoms with van der Waals surface area (Å²) < 4.78 is 1.36. The smallest absolute Gasteiger partial charge is 0.225 e. The molecule has 6 heteroatoms. The van der Waals surface area contributed by atoms with E-state index in [-0.39, 0.29) is 0 Å². The van der Waals surface area contributed by atoms with Gasteiger partial charge >= 0.3 is 0 Å². The molecule has 1 aliphatic carbocycles. The van der Waals surface area contributed by atoms with Crippen molar-refractivity contribution >= 4 is 45.3 Å². The standard InChI is InChI=1S/C25H32IN5/c1-31(2)24-21-8-4-6-10-23(21)29-25(30-24)28-20-13-11-18(12-14-20)17-27-16-15-19-7-3-5-9-22(19)26/h3-10,18,20,27H,11-17H2,1-2H3,(H,28,29,30).